The lowest BCUT2D eigenvalue weighted by atomic mass is 10.2. The number of hydrogen-bond acceptors (Lipinski definition) is 6. The van der Waals surface area contributed by atoms with Gasteiger partial charge >= 0.3 is 6.03 Å². The van der Waals surface area contributed by atoms with Crippen molar-refractivity contribution < 1.29 is 18.3 Å². The molecule has 2 rings (SSSR count). The third-order valence-corrected chi connectivity index (χ3v) is 6.39. The Labute approximate surface area is 140 Å². The zero-order valence-corrected chi connectivity index (χ0v) is 14.9. The molecule has 0 radical (unpaired) electrons. The van der Waals surface area contributed by atoms with Crippen LogP contribution in [-0.2, 0) is 23.4 Å². The van der Waals surface area contributed by atoms with Crippen LogP contribution in [0.15, 0.2) is 11.4 Å². The van der Waals surface area contributed by atoms with Crippen molar-refractivity contribution in [2.24, 2.45) is 7.05 Å². The Bertz CT molecular complexity index is 659. The number of carbonyl (C=O) groups excluding carboxylic acids is 1. The predicted molar refractivity (Wildman–Crippen MR) is 88.1 cm³/mol. The number of hydrogen-bond donors (Lipinski definition) is 2. The standard InChI is InChI=1S/C13H22N4O4S2/c1-16-11(8-15-13(16)22-2)7-14-12(19)17(4-5-18)10-3-6-23(20,21)9-10/h8,10,18H,3-7,9H2,1-2H3,(H,14,19)/t10-/m0/s1. The van der Waals surface area contributed by atoms with E-state index in [9.17, 15) is 13.2 Å². The van der Waals surface area contributed by atoms with E-state index in [-0.39, 0.29) is 36.7 Å². The first kappa shape index (κ1) is 18.1. The molecule has 1 aliphatic rings. The largest absolute Gasteiger partial charge is 0.395 e. The monoisotopic (exact) mass is 362 g/mol. The van der Waals surface area contributed by atoms with E-state index < -0.39 is 9.84 Å². The molecule has 1 atom stereocenters. The van der Waals surface area contributed by atoms with Gasteiger partial charge in [-0.05, 0) is 12.7 Å². The number of nitrogens with zero attached hydrogens (tertiary/aromatic N) is 3. The third-order valence-electron chi connectivity index (χ3n) is 3.90. The van der Waals surface area contributed by atoms with Crippen molar-refractivity contribution in [3.8, 4) is 0 Å². The van der Waals surface area contributed by atoms with Gasteiger partial charge < -0.3 is 19.9 Å². The van der Waals surface area contributed by atoms with E-state index in [0.717, 1.165) is 10.9 Å². The predicted octanol–water partition coefficient (Wildman–Crippen LogP) is -0.167. The maximum absolute atomic E-state index is 12.4. The molecule has 0 bridgehead atoms. The number of carbonyl (C=O) groups is 1. The lowest BCUT2D eigenvalue weighted by Crippen LogP contribution is -2.48. The van der Waals surface area contributed by atoms with Crippen LogP contribution in [0, 0.1) is 0 Å². The molecule has 130 valence electrons. The van der Waals surface area contributed by atoms with E-state index in [2.05, 4.69) is 10.3 Å². The highest BCUT2D eigenvalue weighted by Gasteiger charge is 2.34. The number of aliphatic hydroxyl groups excluding tert-OH is 1. The number of aliphatic hydroxyl groups is 1. The summed E-state index contributed by atoms with van der Waals surface area (Å²) in [5, 5.41) is 12.8. The quantitative estimate of drug-likeness (QED) is 0.681. The molecule has 0 unspecified atom stereocenters. The van der Waals surface area contributed by atoms with Crippen molar-refractivity contribution >= 4 is 27.6 Å². The number of imidazole rings is 1. The van der Waals surface area contributed by atoms with Crippen molar-refractivity contribution in [1.29, 1.82) is 0 Å². The number of urea groups is 1. The van der Waals surface area contributed by atoms with Crippen LogP contribution >= 0.6 is 11.8 Å². The van der Waals surface area contributed by atoms with Gasteiger partial charge in [0.2, 0.25) is 0 Å². The Hall–Kier alpha value is -1.26. The normalized spacial score (nSPS) is 19.7. The Morgan fingerprint density at radius 2 is 2.35 bits per heavy atom. The summed E-state index contributed by atoms with van der Waals surface area (Å²) < 4.78 is 25.1. The molecule has 2 heterocycles. The highest BCUT2D eigenvalue weighted by atomic mass is 32.2. The summed E-state index contributed by atoms with van der Waals surface area (Å²) in [6.07, 6.45) is 4.04. The zero-order chi connectivity index (χ0) is 17.0. The van der Waals surface area contributed by atoms with Crippen molar-refractivity contribution in [3.05, 3.63) is 11.9 Å². The van der Waals surface area contributed by atoms with Crippen molar-refractivity contribution in [2.75, 3.05) is 30.9 Å². The number of rotatable bonds is 6. The molecule has 1 aromatic rings. The number of sulfone groups is 1. The van der Waals surface area contributed by atoms with Crippen molar-refractivity contribution in [2.45, 2.75) is 24.2 Å². The lowest BCUT2D eigenvalue weighted by molar-refractivity contribution is 0.157. The minimum Gasteiger partial charge on any atom is -0.395 e. The van der Waals surface area contributed by atoms with Gasteiger partial charge in [-0.15, -0.1) is 0 Å². The zero-order valence-electron chi connectivity index (χ0n) is 13.2. The fourth-order valence-corrected chi connectivity index (χ4v) is 4.91. The molecular weight excluding hydrogens is 340 g/mol. The molecule has 2 N–H and O–H groups in total. The lowest BCUT2D eigenvalue weighted by Gasteiger charge is -2.27. The molecule has 1 aliphatic heterocycles. The second-order valence-corrected chi connectivity index (χ2v) is 8.43. The first-order valence-corrected chi connectivity index (χ1v) is 10.3. The van der Waals surface area contributed by atoms with Crippen molar-refractivity contribution in [3.63, 3.8) is 0 Å². The van der Waals surface area contributed by atoms with Crippen LogP contribution in [0.2, 0.25) is 0 Å². The van der Waals surface area contributed by atoms with Crippen LogP contribution < -0.4 is 5.32 Å². The summed E-state index contributed by atoms with van der Waals surface area (Å²) in [7, 11) is -1.22. The molecule has 0 spiro atoms. The first-order chi connectivity index (χ1) is 10.9. The van der Waals surface area contributed by atoms with E-state index in [1.807, 2.05) is 17.9 Å². The topological polar surface area (TPSA) is 105 Å². The van der Waals surface area contributed by atoms with Gasteiger partial charge in [0.1, 0.15) is 0 Å². The van der Waals surface area contributed by atoms with E-state index in [4.69, 9.17) is 5.11 Å². The molecule has 0 saturated carbocycles. The summed E-state index contributed by atoms with van der Waals surface area (Å²) in [6.45, 7) is 0.212. The molecule has 1 aromatic heterocycles. The highest BCUT2D eigenvalue weighted by molar-refractivity contribution is 7.98. The summed E-state index contributed by atoms with van der Waals surface area (Å²) in [6, 6.07) is -0.742. The Morgan fingerprint density at radius 3 is 2.87 bits per heavy atom. The van der Waals surface area contributed by atoms with Gasteiger partial charge in [-0.1, -0.05) is 11.8 Å². The first-order valence-electron chi connectivity index (χ1n) is 7.28. The Kier molecular flexibility index (Phi) is 5.93. The van der Waals surface area contributed by atoms with Crippen LogP contribution in [0.3, 0.4) is 0 Å². The average Bonchev–Trinajstić information content (AvgIpc) is 3.04. The van der Waals surface area contributed by atoms with E-state index in [1.165, 1.54) is 16.7 Å². The minimum atomic E-state index is -3.09. The summed E-state index contributed by atoms with van der Waals surface area (Å²) in [5.41, 5.74) is 0.852. The second kappa shape index (κ2) is 7.54. The van der Waals surface area contributed by atoms with Gasteiger partial charge in [0, 0.05) is 19.6 Å². The average molecular weight is 362 g/mol. The number of amides is 2. The molecule has 23 heavy (non-hydrogen) atoms. The fraction of sp³-hybridized carbons (Fsp3) is 0.692. The van der Waals surface area contributed by atoms with Crippen LogP contribution in [0.25, 0.3) is 0 Å². The fourth-order valence-electron chi connectivity index (χ4n) is 2.63. The van der Waals surface area contributed by atoms with Crippen molar-refractivity contribution in [1.82, 2.24) is 19.8 Å². The van der Waals surface area contributed by atoms with E-state index in [1.54, 1.807) is 6.20 Å². The molecule has 8 nitrogen and oxygen atoms in total. The molecule has 1 saturated heterocycles. The molecule has 10 heteroatoms. The molecule has 0 aromatic carbocycles. The highest BCUT2D eigenvalue weighted by Crippen LogP contribution is 2.18. The summed E-state index contributed by atoms with van der Waals surface area (Å²) in [5.74, 6) is 0.0500. The summed E-state index contributed by atoms with van der Waals surface area (Å²) >= 11 is 1.51. The second-order valence-electron chi connectivity index (χ2n) is 5.43. The van der Waals surface area contributed by atoms with Crippen LogP contribution in [0.1, 0.15) is 12.1 Å². The smallest absolute Gasteiger partial charge is 0.318 e. The summed E-state index contributed by atoms with van der Waals surface area (Å²) in [4.78, 5) is 18.0. The van der Waals surface area contributed by atoms with Gasteiger partial charge in [0.05, 0.1) is 36.5 Å². The van der Waals surface area contributed by atoms with E-state index >= 15 is 0 Å². The molecule has 2 amide bonds. The molecule has 1 fully saturated rings. The van der Waals surface area contributed by atoms with Gasteiger partial charge in [-0.25, -0.2) is 18.2 Å². The maximum atomic E-state index is 12.4. The van der Waals surface area contributed by atoms with Gasteiger partial charge in [0.25, 0.3) is 0 Å². The van der Waals surface area contributed by atoms with Gasteiger partial charge in [0.15, 0.2) is 15.0 Å². The van der Waals surface area contributed by atoms with E-state index in [0.29, 0.717) is 13.0 Å². The number of nitrogens with one attached hydrogen (secondary N) is 1. The number of thioether (sulfide) groups is 1. The Balaban J connectivity index is 1.99. The van der Waals surface area contributed by atoms with Crippen LogP contribution in [0.5, 0.6) is 0 Å². The minimum absolute atomic E-state index is 0.0389. The molecule has 0 aliphatic carbocycles. The van der Waals surface area contributed by atoms with Gasteiger partial charge in [-0.3, -0.25) is 0 Å². The number of aromatic nitrogens is 2. The SMILES string of the molecule is CSc1ncc(CNC(=O)N(CCO)[C@H]2CCS(=O)(=O)C2)n1C. The van der Waals surface area contributed by atoms with Gasteiger partial charge in [-0.2, -0.15) is 0 Å². The Morgan fingerprint density at radius 1 is 1.61 bits per heavy atom. The molecular formula is C13H22N4O4S2. The third kappa shape index (κ3) is 4.39. The van der Waals surface area contributed by atoms with Crippen LogP contribution in [-0.4, -0.2) is 71.0 Å². The maximum Gasteiger partial charge on any atom is 0.318 e. The van der Waals surface area contributed by atoms with Crippen LogP contribution in [0.4, 0.5) is 4.79 Å².